The number of anilines is 1. The molecule has 0 unspecified atom stereocenters. The highest BCUT2D eigenvalue weighted by atomic mass is 16.5. The maximum absolute atomic E-state index is 12.1. The molecule has 1 aromatic carbocycles. The summed E-state index contributed by atoms with van der Waals surface area (Å²) in [6, 6.07) is 12.2. The van der Waals surface area contributed by atoms with Crippen molar-refractivity contribution in [1.29, 1.82) is 0 Å². The lowest BCUT2D eigenvalue weighted by molar-refractivity contribution is -0.117. The van der Waals surface area contributed by atoms with Gasteiger partial charge in [0.05, 0.1) is 0 Å². The van der Waals surface area contributed by atoms with Crippen molar-refractivity contribution in [2.24, 2.45) is 0 Å². The number of nitrogens with zero attached hydrogens (tertiary/aromatic N) is 1. The van der Waals surface area contributed by atoms with Crippen LogP contribution in [0.5, 0.6) is 0 Å². The zero-order valence-electron chi connectivity index (χ0n) is 13.1. The Bertz CT molecular complexity index is 674. The molecule has 6 heteroatoms. The van der Waals surface area contributed by atoms with Gasteiger partial charge in [-0.2, -0.15) is 0 Å². The molecule has 2 N–H and O–H groups in total. The van der Waals surface area contributed by atoms with Gasteiger partial charge >= 0.3 is 6.09 Å². The standard InChI is InChI=1S/C17H19N3O3/c1-12-7-6-10-18-15(12)20-16(21)13(2)19-17(22)23-11-14-8-4-3-5-9-14/h3-10,13H,11H2,1-2H3,(H,19,22)(H,18,20,21)/t13-/m1/s1. The Morgan fingerprint density at radius 3 is 2.61 bits per heavy atom. The van der Waals surface area contributed by atoms with Crippen LogP contribution >= 0.6 is 0 Å². The number of carbonyl (C=O) groups is 2. The number of pyridine rings is 1. The van der Waals surface area contributed by atoms with E-state index in [1.54, 1.807) is 19.2 Å². The largest absolute Gasteiger partial charge is 0.445 e. The van der Waals surface area contributed by atoms with Crippen molar-refractivity contribution in [3.63, 3.8) is 0 Å². The molecule has 0 saturated heterocycles. The lowest BCUT2D eigenvalue weighted by Crippen LogP contribution is -2.42. The molecule has 0 bridgehead atoms. The Morgan fingerprint density at radius 2 is 1.91 bits per heavy atom. The van der Waals surface area contributed by atoms with Crippen LogP contribution in [-0.2, 0) is 16.1 Å². The summed E-state index contributed by atoms with van der Waals surface area (Å²) < 4.78 is 5.08. The van der Waals surface area contributed by atoms with Gasteiger partial charge in [-0.25, -0.2) is 9.78 Å². The highest BCUT2D eigenvalue weighted by molar-refractivity contribution is 5.95. The molecular weight excluding hydrogens is 294 g/mol. The molecule has 0 spiro atoms. The maximum atomic E-state index is 12.1. The number of aryl methyl sites for hydroxylation is 1. The van der Waals surface area contributed by atoms with Crippen molar-refractivity contribution in [3.8, 4) is 0 Å². The molecule has 0 aliphatic rings. The zero-order chi connectivity index (χ0) is 16.7. The fourth-order valence-corrected chi connectivity index (χ4v) is 1.85. The lowest BCUT2D eigenvalue weighted by Gasteiger charge is -2.14. The molecule has 2 aromatic rings. The number of amides is 2. The Balaban J connectivity index is 1.81. The van der Waals surface area contributed by atoms with Crippen molar-refractivity contribution in [2.75, 3.05) is 5.32 Å². The number of hydrogen-bond acceptors (Lipinski definition) is 4. The van der Waals surface area contributed by atoms with Crippen molar-refractivity contribution in [2.45, 2.75) is 26.5 Å². The van der Waals surface area contributed by atoms with Crippen LogP contribution in [0.1, 0.15) is 18.1 Å². The molecule has 0 aliphatic heterocycles. The monoisotopic (exact) mass is 313 g/mol. The smallest absolute Gasteiger partial charge is 0.408 e. The van der Waals surface area contributed by atoms with E-state index in [0.29, 0.717) is 5.82 Å². The third kappa shape index (κ3) is 5.10. The first-order chi connectivity index (χ1) is 11.1. The summed E-state index contributed by atoms with van der Waals surface area (Å²) in [6.07, 6.45) is 0.948. The molecule has 2 rings (SSSR count). The summed E-state index contributed by atoms with van der Waals surface area (Å²) in [6.45, 7) is 3.58. The van der Waals surface area contributed by atoms with Gasteiger partial charge in [0.15, 0.2) is 0 Å². The summed E-state index contributed by atoms with van der Waals surface area (Å²) in [5.74, 6) is 0.118. The minimum absolute atomic E-state index is 0.153. The number of aromatic nitrogens is 1. The van der Waals surface area contributed by atoms with Gasteiger partial charge in [0, 0.05) is 6.20 Å². The first kappa shape index (κ1) is 16.5. The normalized spacial score (nSPS) is 11.4. The van der Waals surface area contributed by atoms with Crippen molar-refractivity contribution >= 4 is 17.8 Å². The topological polar surface area (TPSA) is 80.3 Å². The van der Waals surface area contributed by atoms with Gasteiger partial charge in [0.1, 0.15) is 18.5 Å². The number of alkyl carbamates (subject to hydrolysis) is 1. The van der Waals surface area contributed by atoms with Crippen molar-refractivity contribution in [1.82, 2.24) is 10.3 Å². The van der Waals surface area contributed by atoms with Crippen LogP contribution in [0.15, 0.2) is 48.7 Å². The fourth-order valence-electron chi connectivity index (χ4n) is 1.85. The second kappa shape index (κ2) is 7.93. The van der Waals surface area contributed by atoms with E-state index < -0.39 is 12.1 Å². The molecule has 0 aliphatic carbocycles. The minimum Gasteiger partial charge on any atom is -0.445 e. The molecule has 6 nitrogen and oxygen atoms in total. The fraction of sp³-hybridized carbons (Fsp3) is 0.235. The molecule has 1 aromatic heterocycles. The molecule has 1 heterocycles. The van der Waals surface area contributed by atoms with E-state index in [2.05, 4.69) is 15.6 Å². The zero-order valence-corrected chi connectivity index (χ0v) is 13.1. The summed E-state index contributed by atoms with van der Waals surface area (Å²) in [5, 5.41) is 5.16. The van der Waals surface area contributed by atoms with E-state index in [1.807, 2.05) is 43.3 Å². The van der Waals surface area contributed by atoms with Crippen molar-refractivity contribution < 1.29 is 14.3 Å². The molecule has 0 fully saturated rings. The number of benzene rings is 1. The van der Waals surface area contributed by atoms with Crippen LogP contribution in [0.2, 0.25) is 0 Å². The van der Waals surface area contributed by atoms with E-state index in [0.717, 1.165) is 11.1 Å². The number of hydrogen-bond donors (Lipinski definition) is 2. The van der Waals surface area contributed by atoms with E-state index >= 15 is 0 Å². The van der Waals surface area contributed by atoms with E-state index in [1.165, 1.54) is 0 Å². The maximum Gasteiger partial charge on any atom is 0.408 e. The van der Waals surface area contributed by atoms with Crippen LogP contribution in [0.4, 0.5) is 10.6 Å². The summed E-state index contributed by atoms with van der Waals surface area (Å²) in [5.41, 5.74) is 1.73. The summed E-state index contributed by atoms with van der Waals surface area (Å²) >= 11 is 0. The van der Waals surface area contributed by atoms with E-state index in [-0.39, 0.29) is 12.5 Å². The van der Waals surface area contributed by atoms with E-state index in [9.17, 15) is 9.59 Å². The summed E-state index contributed by atoms with van der Waals surface area (Å²) in [4.78, 5) is 27.9. The highest BCUT2D eigenvalue weighted by Gasteiger charge is 2.17. The van der Waals surface area contributed by atoms with Gasteiger partial charge in [0.25, 0.3) is 0 Å². The van der Waals surface area contributed by atoms with Crippen LogP contribution in [0, 0.1) is 6.92 Å². The second-order valence-corrected chi connectivity index (χ2v) is 5.09. The molecule has 120 valence electrons. The molecule has 0 radical (unpaired) electrons. The molecule has 1 atom stereocenters. The van der Waals surface area contributed by atoms with Crippen molar-refractivity contribution in [3.05, 3.63) is 59.8 Å². The number of carbonyl (C=O) groups excluding carboxylic acids is 2. The number of ether oxygens (including phenoxy) is 1. The van der Waals surface area contributed by atoms with Gasteiger partial charge < -0.3 is 15.4 Å². The second-order valence-electron chi connectivity index (χ2n) is 5.09. The van der Waals surface area contributed by atoms with Gasteiger partial charge in [0.2, 0.25) is 5.91 Å². The van der Waals surface area contributed by atoms with Crippen LogP contribution in [-0.4, -0.2) is 23.0 Å². The molecule has 2 amide bonds. The Kier molecular flexibility index (Phi) is 5.68. The quantitative estimate of drug-likeness (QED) is 0.889. The van der Waals surface area contributed by atoms with Crippen LogP contribution < -0.4 is 10.6 Å². The predicted octanol–water partition coefficient (Wildman–Crippen LogP) is 2.64. The van der Waals surface area contributed by atoms with E-state index in [4.69, 9.17) is 4.74 Å². The van der Waals surface area contributed by atoms with Gasteiger partial charge in [-0.15, -0.1) is 0 Å². The van der Waals surface area contributed by atoms with Gasteiger partial charge in [-0.1, -0.05) is 36.4 Å². The van der Waals surface area contributed by atoms with Gasteiger partial charge in [-0.3, -0.25) is 4.79 Å². The predicted molar refractivity (Wildman–Crippen MR) is 86.8 cm³/mol. The Morgan fingerprint density at radius 1 is 1.17 bits per heavy atom. The molecular formula is C17H19N3O3. The molecule has 0 saturated carbocycles. The molecule has 23 heavy (non-hydrogen) atoms. The first-order valence-corrected chi connectivity index (χ1v) is 7.26. The average molecular weight is 313 g/mol. The Hall–Kier alpha value is -2.89. The third-order valence-corrected chi connectivity index (χ3v) is 3.19. The van der Waals surface area contributed by atoms with Gasteiger partial charge in [-0.05, 0) is 31.0 Å². The number of nitrogens with one attached hydrogen (secondary N) is 2. The number of rotatable bonds is 5. The minimum atomic E-state index is -0.736. The lowest BCUT2D eigenvalue weighted by atomic mass is 10.2. The summed E-state index contributed by atoms with van der Waals surface area (Å²) in [7, 11) is 0. The Labute approximate surface area is 134 Å². The van der Waals surface area contributed by atoms with Crippen LogP contribution in [0.25, 0.3) is 0 Å². The third-order valence-electron chi connectivity index (χ3n) is 3.19. The van der Waals surface area contributed by atoms with Crippen LogP contribution in [0.3, 0.4) is 0 Å². The highest BCUT2D eigenvalue weighted by Crippen LogP contribution is 2.09. The SMILES string of the molecule is Cc1cccnc1NC(=O)[C@@H](C)NC(=O)OCc1ccccc1. The first-order valence-electron chi connectivity index (χ1n) is 7.26. The average Bonchev–Trinajstić information content (AvgIpc) is 2.56.